The Morgan fingerprint density at radius 2 is 0.590 bits per heavy atom. The summed E-state index contributed by atoms with van der Waals surface area (Å²) < 4.78 is 0. The molecule has 0 unspecified atom stereocenters. The number of hydrogen-bond donors (Lipinski definition) is 0. The molecular formula is C60H43N. The second-order valence-corrected chi connectivity index (χ2v) is 15.3. The average molecular weight is 778 g/mol. The maximum Gasteiger partial charge on any atom is 0.0462 e. The summed E-state index contributed by atoms with van der Waals surface area (Å²) in [5.74, 6) is 0. The Bertz CT molecular complexity index is 2970. The minimum Gasteiger partial charge on any atom is -0.311 e. The van der Waals surface area contributed by atoms with Gasteiger partial charge in [-0.2, -0.15) is 0 Å². The molecule has 0 aromatic heterocycles. The lowest BCUT2D eigenvalue weighted by Crippen LogP contribution is -2.09. The molecule has 10 aromatic rings. The normalized spacial score (nSPS) is 11.2. The molecule has 0 saturated carbocycles. The zero-order valence-corrected chi connectivity index (χ0v) is 33.8. The van der Waals surface area contributed by atoms with Crippen molar-refractivity contribution in [3.63, 3.8) is 0 Å². The van der Waals surface area contributed by atoms with Gasteiger partial charge in [0.05, 0.1) is 0 Å². The number of fused-ring (bicyclic) bond motifs is 2. The van der Waals surface area contributed by atoms with E-state index in [1.54, 1.807) is 0 Å². The maximum absolute atomic E-state index is 2.30. The Labute approximate surface area is 358 Å². The van der Waals surface area contributed by atoms with Crippen LogP contribution in [0.4, 0.5) is 17.1 Å². The van der Waals surface area contributed by atoms with Gasteiger partial charge in [-0.3, -0.25) is 0 Å². The van der Waals surface area contributed by atoms with Gasteiger partial charge in [-0.1, -0.05) is 218 Å². The molecule has 61 heavy (non-hydrogen) atoms. The van der Waals surface area contributed by atoms with E-state index in [9.17, 15) is 0 Å². The molecule has 0 saturated heterocycles. The molecule has 0 aliphatic heterocycles. The summed E-state index contributed by atoms with van der Waals surface area (Å²) in [5.41, 5.74) is 15.4. The molecular weight excluding hydrogens is 735 g/mol. The predicted octanol–water partition coefficient (Wildman–Crippen LogP) is 16.6. The molecule has 10 rings (SSSR count). The van der Waals surface area contributed by atoms with Gasteiger partial charge in [-0.25, -0.2) is 0 Å². The minimum atomic E-state index is 1.12. The summed E-state index contributed by atoms with van der Waals surface area (Å²) in [6.07, 6.45) is 6.69. The number of rotatable bonds is 10. The number of nitrogens with zero attached hydrogens (tertiary/aromatic N) is 1. The van der Waals surface area contributed by atoms with Gasteiger partial charge in [0.25, 0.3) is 0 Å². The monoisotopic (exact) mass is 777 g/mol. The van der Waals surface area contributed by atoms with E-state index in [2.05, 4.69) is 266 Å². The van der Waals surface area contributed by atoms with Crippen molar-refractivity contribution >= 4 is 62.4 Å². The van der Waals surface area contributed by atoms with Crippen molar-refractivity contribution in [3.8, 4) is 22.3 Å². The van der Waals surface area contributed by atoms with Crippen molar-refractivity contribution in [2.45, 2.75) is 0 Å². The molecule has 0 atom stereocenters. The van der Waals surface area contributed by atoms with Crippen LogP contribution in [0.3, 0.4) is 0 Å². The van der Waals surface area contributed by atoms with Crippen LogP contribution < -0.4 is 4.90 Å². The molecule has 0 N–H and O–H groups in total. The fourth-order valence-electron chi connectivity index (χ4n) is 8.52. The van der Waals surface area contributed by atoms with Gasteiger partial charge in [-0.15, -0.1) is 0 Å². The number of hydrogen-bond acceptors (Lipinski definition) is 1. The van der Waals surface area contributed by atoms with E-state index in [4.69, 9.17) is 0 Å². The molecule has 0 fully saturated rings. The average Bonchev–Trinajstić information content (AvgIpc) is 3.34. The largest absolute Gasteiger partial charge is 0.311 e. The lowest BCUT2D eigenvalue weighted by atomic mass is 9.85. The van der Waals surface area contributed by atoms with Crippen molar-refractivity contribution < 1.29 is 0 Å². The molecule has 0 bridgehead atoms. The van der Waals surface area contributed by atoms with Gasteiger partial charge in [-0.05, 0) is 120 Å². The SMILES string of the molecule is C(=C(c1ccccc1)c1ccccc1)c1ccc(-c2c3ccccc3c(-c3ccc(/C=C/c4ccc(N(c5ccccc5)c5ccccc5)cc4)cc3)c3ccccc23)cc1. The van der Waals surface area contributed by atoms with Gasteiger partial charge >= 0.3 is 0 Å². The molecule has 1 heteroatoms. The topological polar surface area (TPSA) is 3.24 Å². The van der Waals surface area contributed by atoms with Gasteiger partial charge in [0.2, 0.25) is 0 Å². The van der Waals surface area contributed by atoms with Crippen LogP contribution in [-0.2, 0) is 0 Å². The second kappa shape index (κ2) is 17.1. The fraction of sp³-hybridized carbons (Fsp3) is 0. The molecule has 0 amide bonds. The third kappa shape index (κ3) is 7.81. The first-order valence-electron chi connectivity index (χ1n) is 20.9. The maximum atomic E-state index is 2.30. The molecule has 10 aromatic carbocycles. The highest BCUT2D eigenvalue weighted by Crippen LogP contribution is 2.44. The first kappa shape index (κ1) is 37.3. The summed E-state index contributed by atoms with van der Waals surface area (Å²) in [4.78, 5) is 2.29. The standard InChI is InChI=1S/C60H43N/c1-5-17-47(18-6-1)58(48-19-7-2-8-20-48)43-46-33-39-50(40-34-46)60-56-27-15-13-25-54(56)59(55-26-14-16-28-57(55)60)49-37-31-44(32-38-49)29-30-45-35-41-53(42-36-45)61(51-21-9-3-10-22-51)52-23-11-4-12-24-52/h1-43H/b30-29+. The van der Waals surface area contributed by atoms with E-state index >= 15 is 0 Å². The van der Waals surface area contributed by atoms with E-state index in [0.29, 0.717) is 0 Å². The summed E-state index contributed by atoms with van der Waals surface area (Å²) in [5, 5.41) is 5.00. The number of anilines is 3. The zero-order valence-electron chi connectivity index (χ0n) is 33.8. The van der Waals surface area contributed by atoms with Crippen molar-refractivity contribution in [1.29, 1.82) is 0 Å². The summed E-state index contributed by atoms with van der Waals surface area (Å²) in [6.45, 7) is 0. The van der Waals surface area contributed by atoms with E-state index in [0.717, 1.165) is 28.2 Å². The summed E-state index contributed by atoms with van der Waals surface area (Å²) >= 11 is 0. The number of para-hydroxylation sites is 2. The first-order chi connectivity index (χ1) is 30.3. The van der Waals surface area contributed by atoms with E-state index < -0.39 is 0 Å². The lowest BCUT2D eigenvalue weighted by Gasteiger charge is -2.25. The van der Waals surface area contributed by atoms with Gasteiger partial charge < -0.3 is 4.90 Å². The van der Waals surface area contributed by atoms with Crippen LogP contribution in [0.1, 0.15) is 27.8 Å². The van der Waals surface area contributed by atoms with Crippen molar-refractivity contribution in [2.24, 2.45) is 0 Å². The Hall–Kier alpha value is -8.00. The smallest absolute Gasteiger partial charge is 0.0462 e. The van der Waals surface area contributed by atoms with Crippen LogP contribution in [0.5, 0.6) is 0 Å². The van der Waals surface area contributed by atoms with Gasteiger partial charge in [0, 0.05) is 17.1 Å². The molecule has 1 nitrogen and oxygen atoms in total. The summed E-state index contributed by atoms with van der Waals surface area (Å²) in [6, 6.07) is 86.9. The zero-order chi connectivity index (χ0) is 40.8. The molecule has 0 heterocycles. The van der Waals surface area contributed by atoms with E-state index in [1.807, 2.05) is 0 Å². The van der Waals surface area contributed by atoms with Crippen LogP contribution in [0.2, 0.25) is 0 Å². The molecule has 0 spiro atoms. The molecule has 0 radical (unpaired) electrons. The highest BCUT2D eigenvalue weighted by molar-refractivity contribution is 6.21. The Kier molecular flexibility index (Phi) is 10.4. The van der Waals surface area contributed by atoms with Crippen molar-refractivity contribution in [3.05, 3.63) is 270 Å². The third-order valence-corrected chi connectivity index (χ3v) is 11.5. The van der Waals surface area contributed by atoms with Crippen LogP contribution >= 0.6 is 0 Å². The van der Waals surface area contributed by atoms with E-state index in [-0.39, 0.29) is 0 Å². The molecule has 0 aliphatic rings. The Morgan fingerprint density at radius 3 is 0.984 bits per heavy atom. The molecule has 288 valence electrons. The highest BCUT2D eigenvalue weighted by Gasteiger charge is 2.17. The first-order valence-corrected chi connectivity index (χ1v) is 20.9. The fourth-order valence-corrected chi connectivity index (χ4v) is 8.52. The van der Waals surface area contributed by atoms with Gasteiger partial charge in [0.15, 0.2) is 0 Å². The van der Waals surface area contributed by atoms with Crippen molar-refractivity contribution in [2.75, 3.05) is 4.90 Å². The molecule has 0 aliphatic carbocycles. The lowest BCUT2D eigenvalue weighted by molar-refractivity contribution is 1.28. The quantitative estimate of drug-likeness (QED) is 0.0987. The summed E-state index contributed by atoms with van der Waals surface area (Å²) in [7, 11) is 0. The third-order valence-electron chi connectivity index (χ3n) is 11.5. The van der Waals surface area contributed by atoms with Crippen LogP contribution in [0, 0.1) is 0 Å². The Morgan fingerprint density at radius 1 is 0.279 bits per heavy atom. The van der Waals surface area contributed by atoms with E-state index in [1.165, 1.54) is 66.1 Å². The minimum absolute atomic E-state index is 1.12. The number of benzene rings is 10. The Balaban J connectivity index is 0.954. The van der Waals surface area contributed by atoms with Crippen molar-refractivity contribution in [1.82, 2.24) is 0 Å². The van der Waals surface area contributed by atoms with Crippen LogP contribution in [-0.4, -0.2) is 0 Å². The van der Waals surface area contributed by atoms with Gasteiger partial charge in [0.1, 0.15) is 0 Å². The predicted molar refractivity (Wildman–Crippen MR) is 262 cm³/mol. The van der Waals surface area contributed by atoms with Crippen LogP contribution in [0.25, 0.3) is 67.6 Å². The second-order valence-electron chi connectivity index (χ2n) is 15.3. The highest BCUT2D eigenvalue weighted by atomic mass is 15.1. The van der Waals surface area contributed by atoms with Crippen LogP contribution in [0.15, 0.2) is 243 Å².